The molecule has 1 amide bonds. The van der Waals surface area contributed by atoms with E-state index in [0.29, 0.717) is 17.3 Å². The first-order valence-corrected chi connectivity index (χ1v) is 4.63. The van der Waals surface area contributed by atoms with Gasteiger partial charge in [-0.1, -0.05) is 18.5 Å². The molecule has 72 valence electrons. The third kappa shape index (κ3) is 2.49. The standard InChI is InChI=1S/C9H13ClN2O/c1-3-4-11-9(13)8-5-7(10)6-12(8)2/h5-6H,3-4H2,1-2H3,(H,11,13). The van der Waals surface area contributed by atoms with Gasteiger partial charge in [-0.2, -0.15) is 0 Å². The van der Waals surface area contributed by atoms with Crippen molar-refractivity contribution in [2.45, 2.75) is 13.3 Å². The molecule has 0 aliphatic carbocycles. The predicted molar refractivity (Wildman–Crippen MR) is 53.0 cm³/mol. The molecule has 1 heterocycles. The maximum absolute atomic E-state index is 11.4. The summed E-state index contributed by atoms with van der Waals surface area (Å²) in [5.74, 6) is -0.0729. The van der Waals surface area contributed by atoms with Gasteiger partial charge < -0.3 is 9.88 Å². The summed E-state index contributed by atoms with van der Waals surface area (Å²) >= 11 is 5.74. The van der Waals surface area contributed by atoms with E-state index in [1.807, 2.05) is 6.92 Å². The van der Waals surface area contributed by atoms with Crippen molar-refractivity contribution in [3.8, 4) is 0 Å². The minimum Gasteiger partial charge on any atom is -0.351 e. The summed E-state index contributed by atoms with van der Waals surface area (Å²) in [6.45, 7) is 2.71. The molecule has 3 nitrogen and oxygen atoms in total. The van der Waals surface area contributed by atoms with Gasteiger partial charge in [-0.05, 0) is 12.5 Å². The van der Waals surface area contributed by atoms with E-state index >= 15 is 0 Å². The molecule has 13 heavy (non-hydrogen) atoms. The maximum atomic E-state index is 11.4. The molecule has 1 rings (SSSR count). The van der Waals surface area contributed by atoms with E-state index in [9.17, 15) is 4.79 Å². The molecule has 0 aliphatic rings. The summed E-state index contributed by atoms with van der Waals surface area (Å²) in [5.41, 5.74) is 0.596. The fourth-order valence-electron chi connectivity index (χ4n) is 1.08. The van der Waals surface area contributed by atoms with E-state index in [0.717, 1.165) is 6.42 Å². The first-order valence-electron chi connectivity index (χ1n) is 4.25. The number of carbonyl (C=O) groups excluding carboxylic acids is 1. The van der Waals surface area contributed by atoms with Crippen LogP contribution >= 0.6 is 11.6 Å². The molecule has 1 aromatic heterocycles. The van der Waals surface area contributed by atoms with Gasteiger partial charge in [0.05, 0.1) is 5.02 Å². The third-order valence-electron chi connectivity index (χ3n) is 1.74. The molecule has 1 N–H and O–H groups in total. The van der Waals surface area contributed by atoms with E-state index in [1.54, 1.807) is 23.9 Å². The molecule has 4 heteroatoms. The van der Waals surface area contributed by atoms with Crippen molar-refractivity contribution in [2.24, 2.45) is 7.05 Å². The second-order valence-electron chi connectivity index (χ2n) is 2.91. The fourth-order valence-corrected chi connectivity index (χ4v) is 1.33. The zero-order valence-corrected chi connectivity index (χ0v) is 8.56. The number of nitrogens with one attached hydrogen (secondary N) is 1. The summed E-state index contributed by atoms with van der Waals surface area (Å²) in [7, 11) is 1.80. The summed E-state index contributed by atoms with van der Waals surface area (Å²) in [5, 5.41) is 3.37. The molecular weight excluding hydrogens is 188 g/mol. The summed E-state index contributed by atoms with van der Waals surface area (Å²) in [6, 6.07) is 1.66. The second kappa shape index (κ2) is 4.33. The number of amides is 1. The molecule has 0 radical (unpaired) electrons. The van der Waals surface area contributed by atoms with Crippen LogP contribution in [0, 0.1) is 0 Å². The Morgan fingerprint density at radius 1 is 1.69 bits per heavy atom. The number of halogens is 1. The number of rotatable bonds is 3. The van der Waals surface area contributed by atoms with Gasteiger partial charge in [0.1, 0.15) is 5.69 Å². The van der Waals surface area contributed by atoms with Crippen LogP contribution in [0.1, 0.15) is 23.8 Å². The number of carbonyl (C=O) groups is 1. The first kappa shape index (κ1) is 10.1. The van der Waals surface area contributed by atoms with Crippen molar-refractivity contribution in [1.29, 1.82) is 0 Å². The van der Waals surface area contributed by atoms with E-state index in [-0.39, 0.29) is 5.91 Å². The normalized spacial score (nSPS) is 10.1. The Morgan fingerprint density at radius 3 is 2.85 bits per heavy atom. The monoisotopic (exact) mass is 200 g/mol. The lowest BCUT2D eigenvalue weighted by Gasteiger charge is -2.03. The largest absolute Gasteiger partial charge is 0.351 e. The lowest BCUT2D eigenvalue weighted by molar-refractivity contribution is 0.0945. The topological polar surface area (TPSA) is 34.0 Å². The van der Waals surface area contributed by atoms with E-state index in [2.05, 4.69) is 5.32 Å². The maximum Gasteiger partial charge on any atom is 0.267 e. The van der Waals surface area contributed by atoms with Crippen LogP contribution in [-0.2, 0) is 7.05 Å². The van der Waals surface area contributed by atoms with Crippen LogP contribution in [-0.4, -0.2) is 17.0 Å². The van der Waals surface area contributed by atoms with Gasteiger partial charge in [-0.3, -0.25) is 4.79 Å². The molecule has 0 aromatic carbocycles. The number of hydrogen-bond donors (Lipinski definition) is 1. The Balaban J connectivity index is 2.70. The smallest absolute Gasteiger partial charge is 0.267 e. The predicted octanol–water partition coefficient (Wildman–Crippen LogP) is 1.82. The minimum absolute atomic E-state index is 0.0729. The van der Waals surface area contributed by atoms with Crippen molar-refractivity contribution >= 4 is 17.5 Å². The van der Waals surface area contributed by atoms with Crippen LogP contribution in [0.2, 0.25) is 5.02 Å². The van der Waals surface area contributed by atoms with Crippen LogP contribution < -0.4 is 5.32 Å². The minimum atomic E-state index is -0.0729. The highest BCUT2D eigenvalue weighted by Crippen LogP contribution is 2.12. The second-order valence-corrected chi connectivity index (χ2v) is 3.35. The van der Waals surface area contributed by atoms with Crippen LogP contribution in [0.25, 0.3) is 0 Å². The zero-order chi connectivity index (χ0) is 9.84. The van der Waals surface area contributed by atoms with E-state index in [4.69, 9.17) is 11.6 Å². The summed E-state index contributed by atoms with van der Waals surface area (Å²) < 4.78 is 1.72. The molecule has 0 fully saturated rings. The Kier molecular flexibility index (Phi) is 3.37. The molecular formula is C9H13ClN2O. The Bertz CT molecular complexity index is 307. The molecule has 0 bridgehead atoms. The molecule has 0 unspecified atom stereocenters. The highest BCUT2D eigenvalue weighted by molar-refractivity contribution is 6.31. The van der Waals surface area contributed by atoms with Gasteiger partial charge in [-0.25, -0.2) is 0 Å². The highest BCUT2D eigenvalue weighted by Gasteiger charge is 2.09. The highest BCUT2D eigenvalue weighted by atomic mass is 35.5. The average molecular weight is 201 g/mol. The first-order chi connectivity index (χ1) is 6.15. The van der Waals surface area contributed by atoms with E-state index in [1.165, 1.54) is 0 Å². The quantitative estimate of drug-likeness (QED) is 0.794. The van der Waals surface area contributed by atoms with Crippen LogP contribution in [0.15, 0.2) is 12.3 Å². The van der Waals surface area contributed by atoms with Gasteiger partial charge >= 0.3 is 0 Å². The van der Waals surface area contributed by atoms with Gasteiger partial charge in [0.25, 0.3) is 5.91 Å². The Hall–Kier alpha value is -0.960. The zero-order valence-electron chi connectivity index (χ0n) is 7.80. The van der Waals surface area contributed by atoms with Crippen molar-refractivity contribution in [2.75, 3.05) is 6.54 Å². The van der Waals surface area contributed by atoms with Gasteiger partial charge in [0.2, 0.25) is 0 Å². The molecule has 1 aromatic rings. The lowest BCUT2D eigenvalue weighted by atomic mass is 10.4. The van der Waals surface area contributed by atoms with Crippen molar-refractivity contribution < 1.29 is 4.79 Å². The summed E-state index contributed by atoms with van der Waals surface area (Å²) in [6.07, 6.45) is 2.65. The molecule has 0 aliphatic heterocycles. The van der Waals surface area contributed by atoms with Gasteiger partial charge in [0, 0.05) is 19.8 Å². The van der Waals surface area contributed by atoms with Crippen LogP contribution in [0.5, 0.6) is 0 Å². The lowest BCUT2D eigenvalue weighted by Crippen LogP contribution is -2.25. The number of nitrogens with zero attached hydrogens (tertiary/aromatic N) is 1. The fraction of sp³-hybridized carbons (Fsp3) is 0.444. The molecule has 0 saturated carbocycles. The molecule has 0 saturated heterocycles. The summed E-state index contributed by atoms with van der Waals surface area (Å²) in [4.78, 5) is 11.4. The van der Waals surface area contributed by atoms with Gasteiger partial charge in [-0.15, -0.1) is 0 Å². The average Bonchev–Trinajstić information content (AvgIpc) is 2.41. The van der Waals surface area contributed by atoms with Crippen molar-refractivity contribution in [3.63, 3.8) is 0 Å². The SMILES string of the molecule is CCCNC(=O)c1cc(Cl)cn1C. The van der Waals surface area contributed by atoms with Crippen LogP contribution in [0.3, 0.4) is 0 Å². The molecule has 0 atom stereocenters. The number of aromatic nitrogens is 1. The van der Waals surface area contributed by atoms with Crippen LogP contribution in [0.4, 0.5) is 0 Å². The molecule has 0 spiro atoms. The van der Waals surface area contributed by atoms with E-state index < -0.39 is 0 Å². The third-order valence-corrected chi connectivity index (χ3v) is 1.95. The Labute approximate surface area is 82.7 Å². The van der Waals surface area contributed by atoms with Crippen molar-refractivity contribution in [1.82, 2.24) is 9.88 Å². The Morgan fingerprint density at radius 2 is 2.38 bits per heavy atom. The van der Waals surface area contributed by atoms with Crippen molar-refractivity contribution in [3.05, 3.63) is 23.0 Å². The number of aryl methyl sites for hydroxylation is 1. The van der Waals surface area contributed by atoms with Gasteiger partial charge in [0.15, 0.2) is 0 Å². The number of hydrogen-bond acceptors (Lipinski definition) is 1.